The molecule has 6 N–H and O–H groups in total. The maximum absolute atomic E-state index is 12.7. The Labute approximate surface area is 236 Å². The normalized spacial score (nSPS) is 15.6. The van der Waals surface area contributed by atoms with Gasteiger partial charge in [-0.05, 0) is 42.8 Å². The minimum absolute atomic E-state index is 0.0106. The summed E-state index contributed by atoms with van der Waals surface area (Å²) in [5, 5.41) is 30.0. The molecule has 0 saturated heterocycles. The Kier molecular flexibility index (Phi) is 10.6. The SMILES string of the molecule is CCOC(=O)CC(NC(=O)CNC(=O)c1cc(O)cc(NC2=NCC(O)CN2)c1)c1cc(Cl)cc(OC(F)(F)F)c1. The number of halogens is 4. The quantitative estimate of drug-likeness (QED) is 0.223. The van der Waals surface area contributed by atoms with Crippen molar-refractivity contribution in [3.05, 3.63) is 52.5 Å². The summed E-state index contributed by atoms with van der Waals surface area (Å²) < 4.78 is 47.0. The fourth-order valence-electron chi connectivity index (χ4n) is 3.69. The van der Waals surface area contributed by atoms with E-state index in [1.807, 2.05) is 0 Å². The highest BCUT2D eigenvalue weighted by Crippen LogP contribution is 2.30. The van der Waals surface area contributed by atoms with E-state index in [9.17, 15) is 37.8 Å². The highest BCUT2D eigenvalue weighted by molar-refractivity contribution is 6.30. The third kappa shape index (κ3) is 10.3. The van der Waals surface area contributed by atoms with Crippen molar-refractivity contribution >= 4 is 41.0 Å². The van der Waals surface area contributed by atoms with E-state index in [0.29, 0.717) is 11.6 Å². The number of benzene rings is 2. The summed E-state index contributed by atoms with van der Waals surface area (Å²) in [4.78, 5) is 41.6. The van der Waals surface area contributed by atoms with Crippen LogP contribution >= 0.6 is 11.6 Å². The molecule has 1 aliphatic heterocycles. The lowest BCUT2D eigenvalue weighted by Gasteiger charge is -2.20. The first-order valence-electron chi connectivity index (χ1n) is 12.2. The summed E-state index contributed by atoms with van der Waals surface area (Å²) in [6, 6.07) is 5.85. The molecule has 2 aromatic carbocycles. The van der Waals surface area contributed by atoms with Gasteiger partial charge in [0.05, 0.1) is 38.3 Å². The van der Waals surface area contributed by atoms with Gasteiger partial charge in [-0.1, -0.05) is 11.6 Å². The van der Waals surface area contributed by atoms with Crippen LogP contribution in [0.2, 0.25) is 5.02 Å². The molecule has 2 amide bonds. The first-order chi connectivity index (χ1) is 19.3. The van der Waals surface area contributed by atoms with Gasteiger partial charge >= 0.3 is 12.3 Å². The van der Waals surface area contributed by atoms with Gasteiger partial charge in [0.25, 0.3) is 5.91 Å². The molecule has 3 rings (SSSR count). The van der Waals surface area contributed by atoms with Gasteiger partial charge in [-0.3, -0.25) is 19.4 Å². The van der Waals surface area contributed by atoms with Gasteiger partial charge in [0, 0.05) is 28.9 Å². The second-order valence-corrected chi connectivity index (χ2v) is 9.13. The first-order valence-corrected chi connectivity index (χ1v) is 12.6. The summed E-state index contributed by atoms with van der Waals surface area (Å²) >= 11 is 5.94. The summed E-state index contributed by atoms with van der Waals surface area (Å²) in [6.45, 7) is 1.42. The van der Waals surface area contributed by atoms with Crippen LogP contribution in [0.25, 0.3) is 0 Å². The number of carbonyl (C=O) groups is 3. The van der Waals surface area contributed by atoms with Crippen molar-refractivity contribution < 1.29 is 47.2 Å². The number of amides is 2. The van der Waals surface area contributed by atoms with E-state index < -0.39 is 55.0 Å². The van der Waals surface area contributed by atoms with E-state index in [-0.39, 0.29) is 41.6 Å². The molecule has 222 valence electrons. The molecular formula is C25H27ClF3N5O7. The van der Waals surface area contributed by atoms with Crippen LogP contribution in [0.15, 0.2) is 41.4 Å². The number of aliphatic hydroxyl groups excluding tert-OH is 1. The smallest absolute Gasteiger partial charge is 0.508 e. The van der Waals surface area contributed by atoms with Crippen LogP contribution < -0.4 is 26.0 Å². The van der Waals surface area contributed by atoms with E-state index in [1.165, 1.54) is 18.2 Å². The number of aromatic hydroxyl groups is 1. The second kappa shape index (κ2) is 13.9. The predicted molar refractivity (Wildman–Crippen MR) is 141 cm³/mol. The van der Waals surface area contributed by atoms with Crippen LogP contribution in [0.5, 0.6) is 11.5 Å². The van der Waals surface area contributed by atoms with Gasteiger partial charge in [0.1, 0.15) is 11.5 Å². The molecule has 16 heteroatoms. The Morgan fingerprint density at radius 3 is 2.61 bits per heavy atom. The minimum Gasteiger partial charge on any atom is -0.508 e. The molecular weight excluding hydrogens is 575 g/mol. The Hall–Kier alpha value is -4.24. The minimum atomic E-state index is -5.00. The summed E-state index contributed by atoms with van der Waals surface area (Å²) in [5.74, 6) is -2.86. The number of ether oxygens (including phenoxy) is 2. The monoisotopic (exact) mass is 601 g/mol. The van der Waals surface area contributed by atoms with Crippen molar-refractivity contribution in [3.8, 4) is 11.5 Å². The number of guanidine groups is 1. The number of hydrogen-bond acceptors (Lipinski definition) is 10. The van der Waals surface area contributed by atoms with Crippen molar-refractivity contribution in [2.75, 3.05) is 31.6 Å². The number of phenols is 1. The molecule has 12 nitrogen and oxygen atoms in total. The molecule has 1 heterocycles. The van der Waals surface area contributed by atoms with Crippen LogP contribution in [0.1, 0.15) is 35.3 Å². The van der Waals surface area contributed by atoms with Crippen molar-refractivity contribution in [3.63, 3.8) is 0 Å². The van der Waals surface area contributed by atoms with Gasteiger partial charge in [0.2, 0.25) is 5.91 Å². The molecule has 2 aromatic rings. The summed E-state index contributed by atoms with van der Waals surface area (Å²) in [5.41, 5.74) is 0.318. The van der Waals surface area contributed by atoms with E-state index in [0.717, 1.165) is 18.2 Å². The molecule has 0 bridgehead atoms. The molecule has 0 aliphatic carbocycles. The lowest BCUT2D eigenvalue weighted by molar-refractivity contribution is -0.274. The second-order valence-electron chi connectivity index (χ2n) is 8.70. The maximum atomic E-state index is 12.7. The van der Waals surface area contributed by atoms with Gasteiger partial charge in [0.15, 0.2) is 5.96 Å². The molecule has 2 atom stereocenters. The lowest BCUT2D eigenvalue weighted by atomic mass is 10.0. The van der Waals surface area contributed by atoms with Gasteiger partial charge in [-0.15, -0.1) is 13.2 Å². The van der Waals surface area contributed by atoms with E-state index >= 15 is 0 Å². The zero-order chi connectivity index (χ0) is 30.2. The molecule has 0 spiro atoms. The number of rotatable bonds is 10. The van der Waals surface area contributed by atoms with E-state index in [2.05, 4.69) is 31.0 Å². The number of aliphatic imine (C=N–C) groups is 1. The lowest BCUT2D eigenvalue weighted by Crippen LogP contribution is -2.42. The van der Waals surface area contributed by atoms with Crippen molar-refractivity contribution in [1.82, 2.24) is 16.0 Å². The third-order valence-electron chi connectivity index (χ3n) is 5.36. The largest absolute Gasteiger partial charge is 0.573 e. The zero-order valence-corrected chi connectivity index (χ0v) is 22.3. The van der Waals surface area contributed by atoms with Crippen LogP contribution in [-0.2, 0) is 14.3 Å². The number of hydrogen-bond donors (Lipinski definition) is 6. The number of phenolic OH excluding ortho intramolecular Hbond substituents is 1. The standard InChI is InChI=1S/C25H27ClF3N5O7/c1-2-40-22(38)9-20(13-3-15(26)7-19(6-13)41-25(27,28)29)34-21(37)12-30-23(39)14-4-16(8-17(35)5-14)33-24-31-10-18(36)11-32-24/h3-8,18,20,35-36H,2,9-12H2,1H3,(H,30,39)(H,34,37)(H2,31,32,33). The average Bonchev–Trinajstić information content (AvgIpc) is 2.86. The van der Waals surface area contributed by atoms with Crippen molar-refractivity contribution in [1.29, 1.82) is 0 Å². The van der Waals surface area contributed by atoms with Gasteiger partial charge in [-0.25, -0.2) is 0 Å². The number of nitrogens with one attached hydrogen (secondary N) is 4. The van der Waals surface area contributed by atoms with Crippen LogP contribution in [-0.4, -0.2) is 72.7 Å². The topological polar surface area (TPSA) is 171 Å². The summed E-state index contributed by atoms with van der Waals surface area (Å²) in [6.07, 6.45) is -6.09. The molecule has 0 saturated carbocycles. The number of β-amino-alcohol motifs (C(OH)–C–C–N with tert-alkyl or cyclic N) is 1. The number of alkyl halides is 3. The van der Waals surface area contributed by atoms with Crippen molar-refractivity contribution in [2.24, 2.45) is 4.99 Å². The van der Waals surface area contributed by atoms with E-state index in [4.69, 9.17) is 16.3 Å². The Balaban J connectivity index is 1.69. The Bertz CT molecular complexity index is 1310. The fourth-order valence-corrected chi connectivity index (χ4v) is 3.92. The van der Waals surface area contributed by atoms with Crippen LogP contribution in [0, 0.1) is 0 Å². The van der Waals surface area contributed by atoms with Crippen LogP contribution in [0.4, 0.5) is 18.9 Å². The maximum Gasteiger partial charge on any atom is 0.573 e. The number of anilines is 1. The fraction of sp³-hybridized carbons (Fsp3) is 0.360. The first kappa shape index (κ1) is 31.3. The van der Waals surface area contributed by atoms with Gasteiger partial charge in [-0.2, -0.15) is 0 Å². The van der Waals surface area contributed by atoms with Crippen LogP contribution in [0.3, 0.4) is 0 Å². The highest BCUT2D eigenvalue weighted by atomic mass is 35.5. The predicted octanol–water partition coefficient (Wildman–Crippen LogP) is 2.22. The number of carbonyl (C=O) groups excluding carboxylic acids is 3. The molecule has 1 aliphatic rings. The van der Waals surface area contributed by atoms with Gasteiger partial charge < -0.3 is 41.0 Å². The highest BCUT2D eigenvalue weighted by Gasteiger charge is 2.32. The van der Waals surface area contributed by atoms with E-state index in [1.54, 1.807) is 6.92 Å². The molecule has 2 unspecified atom stereocenters. The van der Waals surface area contributed by atoms with Crippen molar-refractivity contribution in [2.45, 2.75) is 31.9 Å². The molecule has 0 radical (unpaired) electrons. The average molecular weight is 602 g/mol. The number of esters is 1. The zero-order valence-electron chi connectivity index (χ0n) is 21.5. The molecule has 0 aromatic heterocycles. The Morgan fingerprint density at radius 1 is 1.20 bits per heavy atom. The Morgan fingerprint density at radius 2 is 1.95 bits per heavy atom. The molecule has 0 fully saturated rings. The molecule has 41 heavy (non-hydrogen) atoms. The summed E-state index contributed by atoms with van der Waals surface area (Å²) in [7, 11) is 0. The number of nitrogens with zero attached hydrogens (tertiary/aromatic N) is 1. The third-order valence-corrected chi connectivity index (χ3v) is 5.58. The number of aliphatic hydroxyl groups is 1.